The van der Waals surface area contributed by atoms with E-state index in [1.54, 1.807) is 12.1 Å². The molecular formula is C13H11ClF3NO2. The molecule has 2 N–H and O–H groups in total. The molecule has 0 aliphatic carbocycles. The topological polar surface area (TPSA) is 48.4 Å². The highest BCUT2D eigenvalue weighted by Gasteiger charge is 2.30. The number of rotatable bonds is 4. The highest BCUT2D eigenvalue weighted by molar-refractivity contribution is 6.28. The number of hydrogen-bond acceptors (Lipinski definition) is 3. The highest BCUT2D eigenvalue weighted by Crippen LogP contribution is 2.25. The van der Waals surface area contributed by atoms with E-state index in [-0.39, 0.29) is 11.0 Å². The van der Waals surface area contributed by atoms with Crippen LogP contribution < -0.4 is 10.5 Å². The highest BCUT2D eigenvalue weighted by atomic mass is 35.5. The van der Waals surface area contributed by atoms with Crippen molar-refractivity contribution in [2.75, 3.05) is 0 Å². The Morgan fingerprint density at radius 1 is 1.15 bits per heavy atom. The SMILES string of the molecule is NC(Cc1ccc(OC(F)(F)F)cc1)c1ccc(Cl)o1. The minimum atomic E-state index is -4.69. The van der Waals surface area contributed by atoms with E-state index in [0.717, 1.165) is 5.56 Å². The lowest BCUT2D eigenvalue weighted by atomic mass is 10.0. The van der Waals surface area contributed by atoms with Crippen molar-refractivity contribution in [3.8, 4) is 5.75 Å². The van der Waals surface area contributed by atoms with Crippen molar-refractivity contribution in [1.82, 2.24) is 0 Å². The fourth-order valence-corrected chi connectivity index (χ4v) is 1.86. The van der Waals surface area contributed by atoms with E-state index in [2.05, 4.69) is 4.74 Å². The van der Waals surface area contributed by atoms with Crippen molar-refractivity contribution in [2.24, 2.45) is 5.73 Å². The number of nitrogens with two attached hydrogens (primary N) is 1. The summed E-state index contributed by atoms with van der Waals surface area (Å²) in [6, 6.07) is 8.34. The molecular weight excluding hydrogens is 295 g/mol. The first kappa shape index (κ1) is 14.7. The molecule has 20 heavy (non-hydrogen) atoms. The Hall–Kier alpha value is -1.66. The van der Waals surface area contributed by atoms with E-state index < -0.39 is 12.4 Å². The third-order valence-corrected chi connectivity index (χ3v) is 2.78. The third kappa shape index (κ3) is 4.18. The number of furan rings is 1. The van der Waals surface area contributed by atoms with Gasteiger partial charge in [0.25, 0.3) is 0 Å². The summed E-state index contributed by atoms with van der Waals surface area (Å²) in [6.45, 7) is 0. The Kier molecular flexibility index (Phi) is 4.25. The number of hydrogen-bond donors (Lipinski definition) is 1. The van der Waals surface area contributed by atoms with Gasteiger partial charge in [0.15, 0.2) is 5.22 Å². The standard InChI is InChI=1S/C13H11ClF3NO2/c14-12-6-5-11(19-12)10(18)7-8-1-3-9(4-2-8)20-13(15,16)17/h1-6,10H,7,18H2. The van der Waals surface area contributed by atoms with Gasteiger partial charge in [0.1, 0.15) is 11.5 Å². The second-order valence-corrected chi connectivity index (χ2v) is 4.52. The van der Waals surface area contributed by atoms with Crippen molar-refractivity contribution >= 4 is 11.6 Å². The van der Waals surface area contributed by atoms with Gasteiger partial charge in [-0.05, 0) is 47.9 Å². The van der Waals surface area contributed by atoms with Gasteiger partial charge in [-0.3, -0.25) is 0 Å². The van der Waals surface area contributed by atoms with Gasteiger partial charge in [0, 0.05) is 0 Å². The first-order valence-corrected chi connectivity index (χ1v) is 6.07. The van der Waals surface area contributed by atoms with E-state index in [4.69, 9.17) is 21.8 Å². The Labute approximate surface area is 118 Å². The molecule has 0 saturated heterocycles. The first-order chi connectivity index (χ1) is 9.33. The van der Waals surface area contributed by atoms with Gasteiger partial charge < -0.3 is 14.9 Å². The molecule has 2 rings (SSSR count). The lowest BCUT2D eigenvalue weighted by molar-refractivity contribution is -0.274. The molecule has 1 unspecified atom stereocenters. The van der Waals surface area contributed by atoms with Gasteiger partial charge >= 0.3 is 6.36 Å². The maximum absolute atomic E-state index is 12.0. The molecule has 0 fully saturated rings. The molecule has 108 valence electrons. The Morgan fingerprint density at radius 3 is 2.30 bits per heavy atom. The molecule has 7 heteroatoms. The number of ether oxygens (including phenoxy) is 1. The molecule has 0 radical (unpaired) electrons. The van der Waals surface area contributed by atoms with Gasteiger partial charge in [0.2, 0.25) is 0 Å². The predicted molar refractivity (Wildman–Crippen MR) is 67.5 cm³/mol. The maximum atomic E-state index is 12.0. The van der Waals surface area contributed by atoms with E-state index in [1.807, 2.05) is 0 Å². The van der Waals surface area contributed by atoms with Crippen LogP contribution in [0.4, 0.5) is 13.2 Å². The van der Waals surface area contributed by atoms with Gasteiger partial charge in [-0.25, -0.2) is 0 Å². The van der Waals surface area contributed by atoms with E-state index in [9.17, 15) is 13.2 Å². The molecule has 0 aliphatic heterocycles. The lowest BCUT2D eigenvalue weighted by Gasteiger charge is -2.11. The largest absolute Gasteiger partial charge is 0.573 e. The van der Waals surface area contributed by atoms with Crippen LogP contribution in [0.5, 0.6) is 5.75 Å². The quantitative estimate of drug-likeness (QED) is 0.926. The molecule has 1 aromatic heterocycles. The van der Waals surface area contributed by atoms with Crippen LogP contribution in [0.3, 0.4) is 0 Å². The fourth-order valence-electron chi connectivity index (χ4n) is 1.71. The molecule has 0 bridgehead atoms. The molecule has 0 spiro atoms. The molecule has 0 amide bonds. The smallest absolute Gasteiger partial charge is 0.448 e. The molecule has 0 aliphatic rings. The predicted octanol–water partition coefficient (Wildman–Crippen LogP) is 4.07. The lowest BCUT2D eigenvalue weighted by Crippen LogP contribution is -2.17. The van der Waals surface area contributed by atoms with Gasteiger partial charge in [-0.1, -0.05) is 12.1 Å². The zero-order chi connectivity index (χ0) is 14.8. The van der Waals surface area contributed by atoms with Crippen molar-refractivity contribution in [3.05, 3.63) is 52.9 Å². The van der Waals surface area contributed by atoms with E-state index in [1.165, 1.54) is 24.3 Å². The van der Waals surface area contributed by atoms with Crippen LogP contribution in [-0.2, 0) is 6.42 Å². The van der Waals surface area contributed by atoms with Crippen LogP contribution in [0.15, 0.2) is 40.8 Å². The minimum absolute atomic E-state index is 0.240. The maximum Gasteiger partial charge on any atom is 0.573 e. The molecule has 1 aromatic carbocycles. The molecule has 1 atom stereocenters. The summed E-state index contributed by atoms with van der Waals surface area (Å²) in [6.07, 6.45) is -4.28. The van der Waals surface area contributed by atoms with Gasteiger partial charge in [-0.2, -0.15) is 0 Å². The second kappa shape index (κ2) is 5.76. The van der Waals surface area contributed by atoms with Crippen LogP contribution >= 0.6 is 11.6 Å². The second-order valence-electron chi connectivity index (χ2n) is 4.14. The van der Waals surface area contributed by atoms with E-state index in [0.29, 0.717) is 12.2 Å². The zero-order valence-corrected chi connectivity index (χ0v) is 10.9. The van der Waals surface area contributed by atoms with Crippen LogP contribution in [0, 0.1) is 0 Å². The van der Waals surface area contributed by atoms with Crippen LogP contribution in [-0.4, -0.2) is 6.36 Å². The number of alkyl halides is 3. The van der Waals surface area contributed by atoms with Crippen LogP contribution in [0.1, 0.15) is 17.4 Å². The van der Waals surface area contributed by atoms with Crippen molar-refractivity contribution in [1.29, 1.82) is 0 Å². The van der Waals surface area contributed by atoms with Crippen molar-refractivity contribution in [3.63, 3.8) is 0 Å². The summed E-state index contributed by atoms with van der Waals surface area (Å²) in [5.74, 6) is 0.251. The summed E-state index contributed by atoms with van der Waals surface area (Å²) in [5, 5.41) is 0.240. The zero-order valence-electron chi connectivity index (χ0n) is 10.2. The summed E-state index contributed by atoms with van der Waals surface area (Å²) in [4.78, 5) is 0. The van der Waals surface area contributed by atoms with E-state index >= 15 is 0 Å². The number of benzene rings is 1. The Balaban J connectivity index is 2.00. The average molecular weight is 306 g/mol. The Bertz CT molecular complexity index is 566. The monoisotopic (exact) mass is 305 g/mol. The molecule has 3 nitrogen and oxygen atoms in total. The van der Waals surface area contributed by atoms with Crippen molar-refractivity contribution < 1.29 is 22.3 Å². The molecule has 2 aromatic rings. The summed E-state index contributed by atoms with van der Waals surface area (Å²) >= 11 is 5.64. The van der Waals surface area contributed by atoms with Gasteiger partial charge in [0.05, 0.1) is 6.04 Å². The summed E-state index contributed by atoms with van der Waals surface area (Å²) < 4.78 is 45.0. The third-order valence-electron chi connectivity index (χ3n) is 2.57. The summed E-state index contributed by atoms with van der Waals surface area (Å²) in [7, 11) is 0. The average Bonchev–Trinajstić information content (AvgIpc) is 2.77. The molecule has 1 heterocycles. The van der Waals surface area contributed by atoms with Gasteiger partial charge in [-0.15, -0.1) is 13.2 Å². The first-order valence-electron chi connectivity index (χ1n) is 5.69. The summed E-state index contributed by atoms with van der Waals surface area (Å²) in [5.41, 5.74) is 6.68. The normalized spacial score (nSPS) is 13.2. The fraction of sp³-hybridized carbons (Fsp3) is 0.231. The van der Waals surface area contributed by atoms with Crippen molar-refractivity contribution in [2.45, 2.75) is 18.8 Å². The van der Waals surface area contributed by atoms with Crippen LogP contribution in [0.25, 0.3) is 0 Å². The minimum Gasteiger partial charge on any atom is -0.448 e. The molecule has 0 saturated carbocycles. The Morgan fingerprint density at radius 2 is 1.80 bits per heavy atom. The number of halogens is 4. The van der Waals surface area contributed by atoms with Crippen LogP contribution in [0.2, 0.25) is 5.22 Å².